The Bertz CT molecular complexity index is 1350. The molecule has 0 radical (unpaired) electrons. The van der Waals surface area contributed by atoms with Crippen LogP contribution in [0.2, 0.25) is 0 Å². The number of anilines is 1. The summed E-state index contributed by atoms with van der Waals surface area (Å²) in [6.07, 6.45) is -2.68. The van der Waals surface area contributed by atoms with E-state index in [1.807, 2.05) is 24.3 Å². The van der Waals surface area contributed by atoms with E-state index in [0.717, 1.165) is 24.1 Å². The molecule has 3 atom stereocenters. The number of benzene rings is 2. The van der Waals surface area contributed by atoms with Crippen molar-refractivity contribution < 1.29 is 32.3 Å². The Balaban J connectivity index is 1.42. The number of nitrogens with one attached hydrogen (secondary N) is 1. The van der Waals surface area contributed by atoms with E-state index >= 15 is 0 Å². The fourth-order valence-corrected chi connectivity index (χ4v) is 5.20. The van der Waals surface area contributed by atoms with Crippen LogP contribution < -0.4 is 10.1 Å². The topological polar surface area (TPSA) is 121 Å². The Morgan fingerprint density at radius 2 is 2.06 bits per heavy atom. The fourth-order valence-electron chi connectivity index (χ4n) is 5.20. The first-order valence-electron chi connectivity index (χ1n) is 11.4. The van der Waals surface area contributed by atoms with Gasteiger partial charge in [0.25, 0.3) is 5.89 Å². The number of carbonyl (C=O) groups is 1. The molecule has 5 rings (SSSR count). The summed E-state index contributed by atoms with van der Waals surface area (Å²) in [5, 5.41) is 25.5. The molecule has 8 nitrogen and oxygen atoms in total. The summed E-state index contributed by atoms with van der Waals surface area (Å²) in [5.41, 5.74) is 3.42. The van der Waals surface area contributed by atoms with Gasteiger partial charge in [0.05, 0.1) is 12.5 Å². The number of aryl methyl sites for hydroxylation is 1. The number of carboxylic acid groups (broad SMARTS) is 1. The van der Waals surface area contributed by atoms with Crippen LogP contribution in [-0.4, -0.2) is 33.6 Å². The molecule has 3 aromatic rings. The van der Waals surface area contributed by atoms with Gasteiger partial charge in [0, 0.05) is 35.2 Å². The van der Waals surface area contributed by atoms with Crippen molar-refractivity contribution >= 4 is 11.7 Å². The fraction of sp³-hybridized carbons (Fsp3) is 0.360. The van der Waals surface area contributed by atoms with Crippen molar-refractivity contribution in [3.05, 3.63) is 47.5 Å². The van der Waals surface area contributed by atoms with Crippen molar-refractivity contribution in [1.82, 2.24) is 10.1 Å². The number of aromatic nitrogens is 2. The molecule has 11 heteroatoms. The molecule has 186 valence electrons. The highest BCUT2D eigenvalue weighted by atomic mass is 19.4. The Morgan fingerprint density at radius 1 is 1.22 bits per heavy atom. The maximum absolute atomic E-state index is 12.8. The highest BCUT2D eigenvalue weighted by Gasteiger charge is 2.43. The summed E-state index contributed by atoms with van der Waals surface area (Å²) in [7, 11) is 0. The van der Waals surface area contributed by atoms with Crippen molar-refractivity contribution in [2.24, 2.45) is 5.92 Å². The van der Waals surface area contributed by atoms with Crippen LogP contribution in [0.15, 0.2) is 40.9 Å². The molecule has 2 aromatic carbocycles. The van der Waals surface area contributed by atoms with Crippen LogP contribution >= 0.6 is 0 Å². The molecule has 1 fully saturated rings. The van der Waals surface area contributed by atoms with Crippen LogP contribution in [-0.2, 0) is 11.2 Å². The van der Waals surface area contributed by atoms with Crippen molar-refractivity contribution in [3.8, 4) is 34.7 Å². The number of halogens is 3. The number of nitriles is 1. The Morgan fingerprint density at radius 3 is 2.81 bits per heavy atom. The Kier molecular flexibility index (Phi) is 6.04. The lowest BCUT2D eigenvalue weighted by atomic mass is 9.93. The number of carboxylic acids is 1. The van der Waals surface area contributed by atoms with Crippen molar-refractivity contribution in [1.29, 1.82) is 5.26 Å². The summed E-state index contributed by atoms with van der Waals surface area (Å²) in [4.78, 5) is 15.6. The summed E-state index contributed by atoms with van der Waals surface area (Å²) in [6, 6.07) is 11.7. The summed E-state index contributed by atoms with van der Waals surface area (Å²) >= 11 is 0. The molecule has 3 unspecified atom stereocenters. The number of nitrogens with zero attached hydrogens (tertiary/aromatic N) is 3. The largest absolute Gasteiger partial charge is 0.573 e. The molecule has 2 aliphatic rings. The van der Waals surface area contributed by atoms with Crippen LogP contribution in [0.5, 0.6) is 5.75 Å². The number of hydrogen-bond donors (Lipinski definition) is 2. The second-order valence-corrected chi connectivity index (χ2v) is 9.01. The number of fused-ring (bicyclic) bond motifs is 3. The van der Waals surface area contributed by atoms with E-state index in [1.54, 1.807) is 6.07 Å². The number of aliphatic carboxylic acids is 1. The van der Waals surface area contributed by atoms with Gasteiger partial charge in [0.15, 0.2) is 0 Å². The van der Waals surface area contributed by atoms with E-state index in [4.69, 9.17) is 9.78 Å². The minimum Gasteiger partial charge on any atom is -0.481 e. The van der Waals surface area contributed by atoms with Crippen LogP contribution in [0.1, 0.15) is 42.7 Å². The molecule has 1 aromatic heterocycles. The average Bonchev–Trinajstić information content (AvgIpc) is 3.52. The first-order chi connectivity index (χ1) is 17.2. The van der Waals surface area contributed by atoms with Crippen molar-refractivity contribution in [3.63, 3.8) is 0 Å². The maximum Gasteiger partial charge on any atom is 0.573 e. The Labute approximate surface area is 203 Å². The predicted molar refractivity (Wildman–Crippen MR) is 121 cm³/mol. The summed E-state index contributed by atoms with van der Waals surface area (Å²) in [6.45, 7) is 0. The third-order valence-corrected chi connectivity index (χ3v) is 6.66. The van der Waals surface area contributed by atoms with Gasteiger partial charge in [-0.05, 0) is 72.7 Å². The van der Waals surface area contributed by atoms with Crippen LogP contribution in [0, 0.1) is 17.2 Å². The SMILES string of the molecule is N#CCCc1cc(OC(F)(F)F)cc(-c2nc(-c3ccc4c(c3)C3CCC(CC(=O)O)C3N4)no2)c1. The zero-order valence-electron chi connectivity index (χ0n) is 18.9. The number of rotatable bonds is 7. The molecular formula is C25H21F3N4O4. The number of hydrogen-bond acceptors (Lipinski definition) is 7. The lowest BCUT2D eigenvalue weighted by Gasteiger charge is -2.17. The minimum atomic E-state index is -4.87. The van der Waals surface area contributed by atoms with Crippen molar-refractivity contribution in [2.45, 2.75) is 50.4 Å². The maximum atomic E-state index is 12.8. The van der Waals surface area contributed by atoms with Gasteiger partial charge in [-0.25, -0.2) is 0 Å². The van der Waals surface area contributed by atoms with Gasteiger partial charge in [0.1, 0.15) is 5.75 Å². The van der Waals surface area contributed by atoms with Crippen LogP contribution in [0.3, 0.4) is 0 Å². The second-order valence-electron chi connectivity index (χ2n) is 9.01. The zero-order chi connectivity index (χ0) is 25.4. The molecule has 0 amide bonds. The van der Waals surface area contributed by atoms with Crippen LogP contribution in [0.25, 0.3) is 22.8 Å². The lowest BCUT2D eigenvalue weighted by Crippen LogP contribution is -2.25. The number of ether oxygens (including phenoxy) is 1. The monoisotopic (exact) mass is 498 g/mol. The second kappa shape index (κ2) is 9.18. The molecule has 0 bridgehead atoms. The third kappa shape index (κ3) is 4.84. The normalized spacial score (nSPS) is 20.3. The molecule has 1 aliphatic heterocycles. The van der Waals surface area contributed by atoms with Gasteiger partial charge in [-0.3, -0.25) is 4.79 Å². The molecule has 36 heavy (non-hydrogen) atoms. The first kappa shape index (κ1) is 23.7. The van der Waals surface area contributed by atoms with E-state index in [2.05, 4.69) is 20.2 Å². The smallest absolute Gasteiger partial charge is 0.481 e. The van der Waals surface area contributed by atoms with E-state index in [-0.39, 0.29) is 54.4 Å². The molecule has 0 saturated heterocycles. The van der Waals surface area contributed by atoms with Gasteiger partial charge < -0.3 is 19.7 Å². The lowest BCUT2D eigenvalue weighted by molar-refractivity contribution is -0.274. The molecule has 1 saturated carbocycles. The molecular weight excluding hydrogens is 477 g/mol. The highest BCUT2D eigenvalue weighted by molar-refractivity contribution is 5.71. The van der Waals surface area contributed by atoms with E-state index in [9.17, 15) is 23.1 Å². The van der Waals surface area contributed by atoms with Crippen LogP contribution in [0.4, 0.5) is 18.9 Å². The predicted octanol–water partition coefficient (Wildman–Crippen LogP) is 5.52. The van der Waals surface area contributed by atoms with Gasteiger partial charge in [-0.1, -0.05) is 5.16 Å². The minimum absolute atomic E-state index is 0.0229. The van der Waals surface area contributed by atoms with Gasteiger partial charge >= 0.3 is 12.3 Å². The standard InChI is InChI=1S/C25H21F3N4O4/c26-25(27,28)35-17-9-13(2-1-7-29)8-16(10-17)24-31-23(32-36-24)15-4-6-20-19(11-15)18-5-3-14(12-21(33)34)22(18)30-20/h4,6,8-11,14,18,22,30H,1-3,5,12H2,(H,33,34). The van der Waals surface area contributed by atoms with E-state index < -0.39 is 18.1 Å². The van der Waals surface area contributed by atoms with Gasteiger partial charge in [-0.2, -0.15) is 10.2 Å². The highest BCUT2D eigenvalue weighted by Crippen LogP contribution is 2.49. The quantitative estimate of drug-likeness (QED) is 0.437. The average molecular weight is 498 g/mol. The summed E-state index contributed by atoms with van der Waals surface area (Å²) in [5.74, 6) is -0.693. The summed E-state index contributed by atoms with van der Waals surface area (Å²) < 4.78 is 47.9. The van der Waals surface area contributed by atoms with Crippen molar-refractivity contribution in [2.75, 3.05) is 5.32 Å². The first-order valence-corrected chi connectivity index (χ1v) is 11.4. The molecule has 2 N–H and O–H groups in total. The zero-order valence-corrected chi connectivity index (χ0v) is 18.9. The van der Waals surface area contributed by atoms with Gasteiger partial charge in [0.2, 0.25) is 5.82 Å². The number of alkyl halides is 3. The Hall–Kier alpha value is -4.07. The third-order valence-electron chi connectivity index (χ3n) is 6.66. The van der Waals surface area contributed by atoms with Gasteiger partial charge in [-0.15, -0.1) is 13.2 Å². The van der Waals surface area contributed by atoms with E-state index in [0.29, 0.717) is 11.1 Å². The molecule has 1 aliphatic carbocycles. The molecule has 2 heterocycles. The molecule has 0 spiro atoms. The van der Waals surface area contributed by atoms with E-state index in [1.165, 1.54) is 12.1 Å².